The Morgan fingerprint density at radius 1 is 1.12 bits per heavy atom. The normalized spacial score (nSPS) is 11.1. The van der Waals surface area contributed by atoms with E-state index < -0.39 is 28.4 Å². The summed E-state index contributed by atoms with van der Waals surface area (Å²) in [6.07, 6.45) is 0. The second-order valence-electron chi connectivity index (χ2n) is 5.08. The van der Waals surface area contributed by atoms with E-state index >= 15 is 0 Å². The number of esters is 1. The molecule has 2 rings (SSSR count). The van der Waals surface area contributed by atoms with Crippen molar-refractivity contribution in [1.29, 1.82) is 0 Å². The van der Waals surface area contributed by atoms with Crippen molar-refractivity contribution >= 4 is 21.7 Å². The van der Waals surface area contributed by atoms with Gasteiger partial charge in [0.15, 0.2) is 0 Å². The Kier molecular flexibility index (Phi) is 5.56. The number of halogens is 1. The van der Waals surface area contributed by atoms with Crippen molar-refractivity contribution in [3.63, 3.8) is 0 Å². The fourth-order valence-electron chi connectivity index (χ4n) is 2.11. The first-order valence-corrected chi connectivity index (χ1v) is 8.80. The first-order valence-electron chi connectivity index (χ1n) is 7.36. The smallest absolute Gasteiger partial charge is 0.326 e. The summed E-state index contributed by atoms with van der Waals surface area (Å²) in [6, 6.07) is 11.5. The van der Waals surface area contributed by atoms with Crippen LogP contribution in [0.15, 0.2) is 53.4 Å². The first kappa shape index (κ1) is 17.9. The summed E-state index contributed by atoms with van der Waals surface area (Å²) in [7, 11) is -4.11. The number of nitrogens with zero attached hydrogens (tertiary/aromatic N) is 1. The lowest BCUT2D eigenvalue weighted by molar-refractivity contribution is -0.141. The van der Waals surface area contributed by atoms with Gasteiger partial charge in [-0.3, -0.25) is 9.10 Å². The number of anilines is 1. The van der Waals surface area contributed by atoms with Crippen LogP contribution in [0, 0.1) is 12.7 Å². The van der Waals surface area contributed by atoms with Gasteiger partial charge in [-0.15, -0.1) is 0 Å². The third kappa shape index (κ3) is 3.91. The molecule has 0 aromatic heterocycles. The van der Waals surface area contributed by atoms with Gasteiger partial charge in [-0.05, 0) is 38.1 Å². The quantitative estimate of drug-likeness (QED) is 0.751. The van der Waals surface area contributed by atoms with Crippen LogP contribution in [-0.4, -0.2) is 27.5 Å². The van der Waals surface area contributed by atoms with Crippen LogP contribution in [0.1, 0.15) is 12.5 Å². The lowest BCUT2D eigenvalue weighted by Crippen LogP contribution is -2.37. The molecule has 0 saturated heterocycles. The third-order valence-corrected chi connectivity index (χ3v) is 5.08. The van der Waals surface area contributed by atoms with Crippen LogP contribution in [0.2, 0.25) is 0 Å². The van der Waals surface area contributed by atoms with E-state index in [0.717, 1.165) is 15.9 Å². The maximum atomic E-state index is 14.1. The zero-order chi connectivity index (χ0) is 17.7. The zero-order valence-electron chi connectivity index (χ0n) is 13.4. The Morgan fingerprint density at radius 3 is 2.33 bits per heavy atom. The summed E-state index contributed by atoms with van der Waals surface area (Å²) in [5, 5.41) is 0. The van der Waals surface area contributed by atoms with Crippen molar-refractivity contribution < 1.29 is 22.3 Å². The third-order valence-electron chi connectivity index (χ3n) is 3.31. The van der Waals surface area contributed by atoms with E-state index in [1.54, 1.807) is 19.1 Å². The minimum absolute atomic E-state index is 0.0272. The molecular weight excluding hydrogens is 333 g/mol. The molecule has 5 nitrogen and oxygen atoms in total. The largest absolute Gasteiger partial charge is 0.465 e. The summed E-state index contributed by atoms with van der Waals surface area (Å²) in [6.45, 7) is 2.93. The maximum Gasteiger partial charge on any atom is 0.326 e. The number of hydrogen-bond acceptors (Lipinski definition) is 4. The molecule has 2 aromatic rings. The summed E-state index contributed by atoms with van der Waals surface area (Å²) < 4.78 is 45.4. The number of benzene rings is 2. The average molecular weight is 351 g/mol. The van der Waals surface area contributed by atoms with E-state index in [-0.39, 0.29) is 17.2 Å². The lowest BCUT2D eigenvalue weighted by Gasteiger charge is -2.24. The van der Waals surface area contributed by atoms with Crippen molar-refractivity contribution in [3.05, 3.63) is 59.9 Å². The topological polar surface area (TPSA) is 63.7 Å². The van der Waals surface area contributed by atoms with E-state index in [0.29, 0.717) is 0 Å². The van der Waals surface area contributed by atoms with Gasteiger partial charge in [0.05, 0.1) is 17.2 Å². The van der Waals surface area contributed by atoms with Gasteiger partial charge in [-0.25, -0.2) is 12.8 Å². The summed E-state index contributed by atoms with van der Waals surface area (Å²) in [5.41, 5.74) is 0.683. The number of sulfonamides is 1. The number of carbonyl (C=O) groups excluding carboxylic acids is 1. The highest BCUT2D eigenvalue weighted by atomic mass is 32.2. The highest BCUT2D eigenvalue weighted by Gasteiger charge is 2.29. The molecule has 0 amide bonds. The van der Waals surface area contributed by atoms with Gasteiger partial charge in [0, 0.05) is 0 Å². The van der Waals surface area contributed by atoms with Crippen molar-refractivity contribution in [2.75, 3.05) is 17.5 Å². The lowest BCUT2D eigenvalue weighted by atomic mass is 10.2. The first-order chi connectivity index (χ1) is 11.4. The molecule has 7 heteroatoms. The van der Waals surface area contributed by atoms with Crippen LogP contribution in [0.3, 0.4) is 0 Å². The Labute approximate surface area is 140 Å². The van der Waals surface area contributed by atoms with E-state index in [9.17, 15) is 17.6 Å². The van der Waals surface area contributed by atoms with Crippen molar-refractivity contribution in [2.45, 2.75) is 18.7 Å². The Bertz CT molecular complexity index is 819. The number of rotatable bonds is 6. The van der Waals surface area contributed by atoms with Crippen molar-refractivity contribution in [3.8, 4) is 0 Å². The Hall–Kier alpha value is -2.41. The molecule has 0 spiro atoms. The fourth-order valence-corrected chi connectivity index (χ4v) is 3.53. The Morgan fingerprint density at radius 2 is 1.75 bits per heavy atom. The van der Waals surface area contributed by atoms with Gasteiger partial charge in [0.25, 0.3) is 10.0 Å². The van der Waals surface area contributed by atoms with E-state index in [2.05, 4.69) is 0 Å². The minimum atomic E-state index is -4.11. The fraction of sp³-hybridized carbons (Fsp3) is 0.235. The molecule has 0 fully saturated rings. The molecule has 0 aliphatic carbocycles. The summed E-state index contributed by atoms with van der Waals surface area (Å²) in [5.74, 6) is -1.49. The van der Waals surface area contributed by atoms with Crippen LogP contribution in [0.5, 0.6) is 0 Å². The van der Waals surface area contributed by atoms with Crippen LogP contribution in [0.4, 0.5) is 10.1 Å². The number of ether oxygens (including phenoxy) is 1. The molecule has 0 bridgehead atoms. The molecule has 0 radical (unpaired) electrons. The Balaban J connectivity index is 2.50. The van der Waals surface area contributed by atoms with Gasteiger partial charge in [-0.2, -0.15) is 0 Å². The standard InChI is InChI=1S/C17H18FNO4S/c1-3-23-17(20)12-19(16-7-5-4-6-15(16)18)24(21,22)14-10-8-13(2)9-11-14/h4-11H,3,12H2,1-2H3. The molecule has 0 saturated carbocycles. The molecule has 128 valence electrons. The van der Waals surface area contributed by atoms with Crippen LogP contribution >= 0.6 is 0 Å². The second kappa shape index (κ2) is 7.44. The SMILES string of the molecule is CCOC(=O)CN(c1ccccc1F)S(=O)(=O)c1ccc(C)cc1. The molecule has 0 unspecified atom stereocenters. The molecule has 0 heterocycles. The highest BCUT2D eigenvalue weighted by molar-refractivity contribution is 7.92. The molecule has 2 aromatic carbocycles. The zero-order valence-corrected chi connectivity index (χ0v) is 14.2. The predicted octanol–water partition coefficient (Wildman–Crippen LogP) is 2.89. The predicted molar refractivity (Wildman–Crippen MR) is 88.7 cm³/mol. The van der Waals surface area contributed by atoms with E-state index in [1.807, 2.05) is 6.92 Å². The monoisotopic (exact) mass is 351 g/mol. The molecule has 0 atom stereocenters. The number of para-hydroxylation sites is 1. The van der Waals surface area contributed by atoms with Gasteiger partial charge >= 0.3 is 5.97 Å². The summed E-state index contributed by atoms with van der Waals surface area (Å²) >= 11 is 0. The van der Waals surface area contributed by atoms with Crippen LogP contribution in [0.25, 0.3) is 0 Å². The van der Waals surface area contributed by atoms with Gasteiger partial charge in [-0.1, -0.05) is 29.8 Å². The molecular formula is C17H18FNO4S. The van der Waals surface area contributed by atoms with Crippen LogP contribution in [-0.2, 0) is 19.6 Å². The number of hydrogen-bond donors (Lipinski definition) is 0. The second-order valence-corrected chi connectivity index (χ2v) is 6.94. The molecule has 0 N–H and O–H groups in total. The van der Waals surface area contributed by atoms with E-state index in [1.165, 1.54) is 30.3 Å². The average Bonchev–Trinajstić information content (AvgIpc) is 2.54. The highest BCUT2D eigenvalue weighted by Crippen LogP contribution is 2.26. The van der Waals surface area contributed by atoms with Gasteiger partial charge in [0.2, 0.25) is 0 Å². The van der Waals surface area contributed by atoms with Gasteiger partial charge in [0.1, 0.15) is 12.4 Å². The number of aryl methyl sites for hydroxylation is 1. The molecule has 24 heavy (non-hydrogen) atoms. The molecule has 0 aliphatic rings. The minimum Gasteiger partial charge on any atom is -0.465 e. The number of carbonyl (C=O) groups is 1. The van der Waals surface area contributed by atoms with Gasteiger partial charge < -0.3 is 4.74 Å². The van der Waals surface area contributed by atoms with E-state index in [4.69, 9.17) is 4.74 Å². The van der Waals surface area contributed by atoms with Crippen molar-refractivity contribution in [2.24, 2.45) is 0 Å². The van der Waals surface area contributed by atoms with Crippen LogP contribution < -0.4 is 4.31 Å². The molecule has 0 aliphatic heterocycles. The van der Waals surface area contributed by atoms with Crippen molar-refractivity contribution in [1.82, 2.24) is 0 Å². The summed E-state index contributed by atoms with van der Waals surface area (Å²) in [4.78, 5) is 11.8. The maximum absolute atomic E-state index is 14.1.